The summed E-state index contributed by atoms with van der Waals surface area (Å²) in [6, 6.07) is 6.97. The fourth-order valence-electron chi connectivity index (χ4n) is 1.74. The molecule has 2 heterocycles. The van der Waals surface area contributed by atoms with Gasteiger partial charge in [-0.2, -0.15) is 0 Å². The molecule has 0 bridgehead atoms. The summed E-state index contributed by atoms with van der Waals surface area (Å²) < 4.78 is 23.9. The average molecular weight is 231 g/mol. The molecule has 0 amide bonds. The number of pyridine rings is 1. The summed E-state index contributed by atoms with van der Waals surface area (Å²) in [6.07, 6.45) is 1.65. The second-order valence-corrected chi connectivity index (χ2v) is 3.86. The van der Waals surface area contributed by atoms with Gasteiger partial charge in [-0.25, -0.2) is 4.39 Å². The SMILES string of the molecule is Cc1ncc(-c2ccc3c(c2)OCO3)cc1F. The molecule has 1 aromatic carbocycles. The number of aryl methyl sites for hydroxylation is 1. The molecule has 86 valence electrons. The molecule has 3 nitrogen and oxygen atoms in total. The predicted octanol–water partition coefficient (Wildman–Crippen LogP) is 2.92. The van der Waals surface area contributed by atoms with E-state index in [9.17, 15) is 4.39 Å². The molecule has 0 atom stereocenters. The Hall–Kier alpha value is -2.10. The third kappa shape index (κ3) is 1.71. The van der Waals surface area contributed by atoms with E-state index < -0.39 is 0 Å². The molecule has 4 heteroatoms. The molecular formula is C13H10FNO2. The molecule has 17 heavy (non-hydrogen) atoms. The van der Waals surface area contributed by atoms with Crippen LogP contribution >= 0.6 is 0 Å². The van der Waals surface area contributed by atoms with Gasteiger partial charge in [0.2, 0.25) is 6.79 Å². The van der Waals surface area contributed by atoms with Gasteiger partial charge < -0.3 is 9.47 Å². The molecule has 2 aromatic rings. The zero-order chi connectivity index (χ0) is 11.8. The van der Waals surface area contributed by atoms with Gasteiger partial charge in [0, 0.05) is 11.8 Å². The summed E-state index contributed by atoms with van der Waals surface area (Å²) >= 11 is 0. The van der Waals surface area contributed by atoms with Gasteiger partial charge in [-0.05, 0) is 30.7 Å². The minimum atomic E-state index is -0.305. The maximum absolute atomic E-state index is 13.4. The predicted molar refractivity (Wildman–Crippen MR) is 60.5 cm³/mol. The highest BCUT2D eigenvalue weighted by atomic mass is 19.1. The summed E-state index contributed by atoms with van der Waals surface area (Å²) in [5.74, 6) is 1.10. The normalized spacial score (nSPS) is 12.8. The standard InChI is InChI=1S/C13H10FNO2/c1-8-11(14)4-10(6-15-8)9-2-3-12-13(5-9)17-7-16-12/h2-6H,7H2,1H3. The van der Waals surface area contributed by atoms with Crippen LogP contribution < -0.4 is 9.47 Å². The Labute approximate surface area is 97.8 Å². The highest BCUT2D eigenvalue weighted by molar-refractivity contribution is 5.66. The second-order valence-electron chi connectivity index (χ2n) is 3.86. The van der Waals surface area contributed by atoms with Gasteiger partial charge in [-0.3, -0.25) is 4.98 Å². The molecule has 0 radical (unpaired) electrons. The number of hydrogen-bond donors (Lipinski definition) is 0. The molecule has 3 rings (SSSR count). The van der Waals surface area contributed by atoms with E-state index in [0.717, 1.165) is 11.1 Å². The lowest BCUT2D eigenvalue weighted by Gasteiger charge is -2.04. The Balaban J connectivity index is 2.06. The molecule has 0 unspecified atom stereocenters. The minimum absolute atomic E-state index is 0.235. The van der Waals surface area contributed by atoms with Crippen molar-refractivity contribution >= 4 is 0 Å². The van der Waals surface area contributed by atoms with E-state index in [1.165, 1.54) is 6.07 Å². The van der Waals surface area contributed by atoms with Crippen molar-refractivity contribution in [3.8, 4) is 22.6 Å². The van der Waals surface area contributed by atoms with Gasteiger partial charge in [0.05, 0.1) is 5.69 Å². The summed E-state index contributed by atoms with van der Waals surface area (Å²) in [6.45, 7) is 1.87. The number of fused-ring (bicyclic) bond motifs is 1. The average Bonchev–Trinajstić information content (AvgIpc) is 2.79. The van der Waals surface area contributed by atoms with Crippen LogP contribution in [0.25, 0.3) is 11.1 Å². The molecular weight excluding hydrogens is 221 g/mol. The number of ether oxygens (including phenoxy) is 2. The van der Waals surface area contributed by atoms with Crippen LogP contribution in [0.3, 0.4) is 0 Å². The van der Waals surface area contributed by atoms with E-state index >= 15 is 0 Å². The van der Waals surface area contributed by atoms with Gasteiger partial charge >= 0.3 is 0 Å². The van der Waals surface area contributed by atoms with Crippen LogP contribution in [-0.4, -0.2) is 11.8 Å². The van der Waals surface area contributed by atoms with Gasteiger partial charge in [-0.15, -0.1) is 0 Å². The first-order chi connectivity index (χ1) is 8.24. The van der Waals surface area contributed by atoms with Crippen LogP contribution in [0.5, 0.6) is 11.5 Å². The van der Waals surface area contributed by atoms with Crippen LogP contribution in [0.15, 0.2) is 30.5 Å². The first-order valence-corrected chi connectivity index (χ1v) is 5.26. The smallest absolute Gasteiger partial charge is 0.231 e. The lowest BCUT2D eigenvalue weighted by molar-refractivity contribution is 0.174. The van der Waals surface area contributed by atoms with Crippen LogP contribution in [0.4, 0.5) is 4.39 Å². The van der Waals surface area contributed by atoms with E-state index in [-0.39, 0.29) is 12.6 Å². The fourth-order valence-corrected chi connectivity index (χ4v) is 1.74. The Morgan fingerprint density at radius 3 is 2.76 bits per heavy atom. The van der Waals surface area contributed by atoms with Crippen molar-refractivity contribution in [2.45, 2.75) is 6.92 Å². The number of nitrogens with zero attached hydrogens (tertiary/aromatic N) is 1. The van der Waals surface area contributed by atoms with Crippen molar-refractivity contribution in [2.24, 2.45) is 0 Å². The third-order valence-electron chi connectivity index (χ3n) is 2.73. The molecule has 0 aliphatic carbocycles. The zero-order valence-electron chi connectivity index (χ0n) is 9.24. The Morgan fingerprint density at radius 1 is 1.12 bits per heavy atom. The Bertz CT molecular complexity index is 584. The van der Waals surface area contributed by atoms with Crippen LogP contribution in [0.2, 0.25) is 0 Å². The van der Waals surface area contributed by atoms with E-state index in [4.69, 9.17) is 9.47 Å². The van der Waals surface area contributed by atoms with Crippen molar-refractivity contribution < 1.29 is 13.9 Å². The van der Waals surface area contributed by atoms with Gasteiger partial charge in [0.15, 0.2) is 11.5 Å². The summed E-state index contributed by atoms with van der Waals surface area (Å²) in [5.41, 5.74) is 1.99. The topological polar surface area (TPSA) is 31.4 Å². The van der Waals surface area contributed by atoms with Crippen molar-refractivity contribution in [1.82, 2.24) is 4.98 Å². The van der Waals surface area contributed by atoms with E-state index in [0.29, 0.717) is 17.2 Å². The number of rotatable bonds is 1. The molecule has 0 N–H and O–H groups in total. The first kappa shape index (κ1) is 10.1. The number of hydrogen-bond acceptors (Lipinski definition) is 3. The molecule has 1 aliphatic heterocycles. The second kappa shape index (κ2) is 3.73. The number of halogens is 1. The van der Waals surface area contributed by atoms with Crippen molar-refractivity contribution in [3.63, 3.8) is 0 Å². The molecule has 0 saturated carbocycles. The molecule has 1 aliphatic rings. The van der Waals surface area contributed by atoms with Crippen molar-refractivity contribution in [3.05, 3.63) is 42.0 Å². The maximum Gasteiger partial charge on any atom is 0.231 e. The van der Waals surface area contributed by atoms with Crippen molar-refractivity contribution in [2.75, 3.05) is 6.79 Å². The maximum atomic E-state index is 13.4. The minimum Gasteiger partial charge on any atom is -0.454 e. The van der Waals surface area contributed by atoms with Crippen LogP contribution in [0.1, 0.15) is 5.69 Å². The molecule has 0 spiro atoms. The van der Waals surface area contributed by atoms with Crippen LogP contribution in [0, 0.1) is 12.7 Å². The number of aromatic nitrogens is 1. The lowest BCUT2D eigenvalue weighted by atomic mass is 10.1. The van der Waals surface area contributed by atoms with Gasteiger partial charge in [0.1, 0.15) is 5.82 Å². The molecule has 0 saturated heterocycles. The zero-order valence-corrected chi connectivity index (χ0v) is 9.24. The fraction of sp³-hybridized carbons (Fsp3) is 0.154. The first-order valence-electron chi connectivity index (χ1n) is 5.26. The van der Waals surface area contributed by atoms with Gasteiger partial charge in [-0.1, -0.05) is 6.07 Å². The highest BCUT2D eigenvalue weighted by Gasteiger charge is 2.14. The highest BCUT2D eigenvalue weighted by Crippen LogP contribution is 2.35. The summed E-state index contributed by atoms with van der Waals surface area (Å²) in [4.78, 5) is 4.00. The Morgan fingerprint density at radius 2 is 1.94 bits per heavy atom. The van der Waals surface area contributed by atoms with E-state index in [2.05, 4.69) is 4.98 Å². The van der Waals surface area contributed by atoms with Crippen molar-refractivity contribution in [1.29, 1.82) is 0 Å². The summed E-state index contributed by atoms with van der Waals surface area (Å²) in [7, 11) is 0. The monoisotopic (exact) mass is 231 g/mol. The third-order valence-corrected chi connectivity index (χ3v) is 2.73. The van der Waals surface area contributed by atoms with Crippen LogP contribution in [-0.2, 0) is 0 Å². The summed E-state index contributed by atoms with van der Waals surface area (Å²) in [5, 5.41) is 0. The van der Waals surface area contributed by atoms with E-state index in [1.54, 1.807) is 13.1 Å². The van der Waals surface area contributed by atoms with Gasteiger partial charge in [0.25, 0.3) is 0 Å². The molecule has 1 aromatic heterocycles. The molecule has 0 fully saturated rings. The van der Waals surface area contributed by atoms with E-state index in [1.807, 2.05) is 18.2 Å². The Kier molecular flexibility index (Phi) is 2.21. The largest absolute Gasteiger partial charge is 0.454 e. The quantitative estimate of drug-likeness (QED) is 0.756. The lowest BCUT2D eigenvalue weighted by Crippen LogP contribution is -1.92. The number of benzene rings is 1.